The minimum atomic E-state index is -1.08. The number of hydrogen-bond acceptors (Lipinski definition) is 4. The molecule has 9 nitrogen and oxygen atoms in total. The number of H-pyrrole nitrogens is 1. The summed E-state index contributed by atoms with van der Waals surface area (Å²) in [6, 6.07) is 11.8. The molecule has 1 aromatic heterocycles. The number of carbonyl (C=O) groups is 3. The van der Waals surface area contributed by atoms with Crippen LogP contribution in [0, 0.1) is 0 Å². The molecule has 0 radical (unpaired) electrons. The number of fused-ring (bicyclic) bond motifs is 1. The van der Waals surface area contributed by atoms with Gasteiger partial charge in [0.2, 0.25) is 0 Å². The molecule has 0 saturated carbocycles. The summed E-state index contributed by atoms with van der Waals surface area (Å²) in [6.45, 7) is 3.80. The van der Waals surface area contributed by atoms with E-state index in [1.165, 1.54) is 29.2 Å². The molecule has 0 atom stereocenters. The van der Waals surface area contributed by atoms with E-state index in [1.807, 2.05) is 13.8 Å². The Bertz CT molecular complexity index is 1260. The number of aromatic nitrogens is 2. The van der Waals surface area contributed by atoms with Crippen LogP contribution in [0.5, 0.6) is 0 Å². The van der Waals surface area contributed by atoms with Gasteiger partial charge in [0, 0.05) is 22.9 Å². The van der Waals surface area contributed by atoms with Crippen molar-refractivity contribution in [2.75, 3.05) is 9.74 Å². The van der Waals surface area contributed by atoms with Gasteiger partial charge in [-0.3, -0.25) is 9.89 Å². The van der Waals surface area contributed by atoms with Crippen molar-refractivity contribution in [2.24, 2.45) is 0 Å². The molecule has 1 aliphatic rings. The van der Waals surface area contributed by atoms with Gasteiger partial charge < -0.3 is 15.3 Å². The highest BCUT2D eigenvalue weighted by Crippen LogP contribution is 2.42. The highest BCUT2D eigenvalue weighted by molar-refractivity contribution is 6.41. The molecule has 3 N–H and O–H groups in total. The normalized spacial score (nSPS) is 14.0. The van der Waals surface area contributed by atoms with Crippen molar-refractivity contribution in [3.8, 4) is 0 Å². The quantitative estimate of drug-likeness (QED) is 0.454. The number of carboxylic acid groups (broad SMARTS) is 1. The zero-order chi connectivity index (χ0) is 23.9. The summed E-state index contributed by atoms with van der Waals surface area (Å²) < 4.78 is 0.960. The Morgan fingerprint density at radius 3 is 2.39 bits per heavy atom. The lowest BCUT2D eigenvalue weighted by Gasteiger charge is -2.33. The number of amides is 3. The lowest BCUT2D eigenvalue weighted by atomic mass is 10.0. The minimum absolute atomic E-state index is 0.0778. The van der Waals surface area contributed by atoms with Gasteiger partial charge in [-0.25, -0.2) is 14.0 Å². The van der Waals surface area contributed by atoms with Crippen LogP contribution in [0.15, 0.2) is 48.5 Å². The molecular formula is C22H19Cl2N5O4. The fourth-order valence-electron chi connectivity index (χ4n) is 3.69. The Hall–Kier alpha value is -3.56. The second-order valence-electron chi connectivity index (χ2n) is 7.92. The van der Waals surface area contributed by atoms with Gasteiger partial charge in [0.05, 0.1) is 34.1 Å². The maximum absolute atomic E-state index is 13.2. The van der Waals surface area contributed by atoms with Gasteiger partial charge in [-0.1, -0.05) is 23.7 Å². The summed E-state index contributed by atoms with van der Waals surface area (Å²) in [7, 11) is 0. The van der Waals surface area contributed by atoms with Gasteiger partial charge >= 0.3 is 12.0 Å². The van der Waals surface area contributed by atoms with E-state index in [1.54, 1.807) is 24.3 Å². The maximum Gasteiger partial charge on any atom is 0.340 e. The zero-order valence-corrected chi connectivity index (χ0v) is 19.1. The minimum Gasteiger partial charge on any atom is -0.478 e. The van der Waals surface area contributed by atoms with Crippen molar-refractivity contribution in [1.29, 1.82) is 0 Å². The molecule has 0 unspecified atom stereocenters. The first-order chi connectivity index (χ1) is 15.6. The second kappa shape index (κ2) is 8.42. The number of carboxylic acids is 1. The highest BCUT2D eigenvalue weighted by Gasteiger charge is 2.46. The summed E-state index contributed by atoms with van der Waals surface area (Å²) in [5, 5.41) is 19.2. The summed E-state index contributed by atoms with van der Waals surface area (Å²) in [6.07, 6.45) is 0. The molecule has 0 fully saturated rings. The van der Waals surface area contributed by atoms with Crippen LogP contribution in [-0.2, 0) is 12.1 Å². The lowest BCUT2D eigenvalue weighted by Crippen LogP contribution is -2.45. The summed E-state index contributed by atoms with van der Waals surface area (Å²) in [5.74, 6) is -1.18. The molecule has 33 heavy (non-hydrogen) atoms. The lowest BCUT2D eigenvalue weighted by molar-refractivity contribution is 0.0696. The molecule has 1 aliphatic heterocycles. The monoisotopic (exact) mass is 487 g/mol. The number of aromatic carboxylic acids is 1. The first kappa shape index (κ1) is 22.6. The molecule has 4 rings (SSSR count). The van der Waals surface area contributed by atoms with Crippen LogP contribution in [0.4, 0.5) is 16.3 Å². The maximum atomic E-state index is 13.2. The Balaban J connectivity index is 1.55. The highest BCUT2D eigenvalue weighted by atomic mass is 35.5. The van der Waals surface area contributed by atoms with Crippen molar-refractivity contribution in [3.63, 3.8) is 0 Å². The standard InChI is InChI=1S/C22H19Cl2N5O4/c1-22(2)17-14(11-28(22)21(33)29(24)16-6-4-3-5-15(16)23)18(27-26-17)25-19(30)12-7-9-13(10-8-12)20(31)32/h3-10H,11H2,1-2H3,(H,31,32)(H2,25,26,27,30). The predicted octanol–water partition coefficient (Wildman–Crippen LogP) is 4.84. The Kier molecular flexibility index (Phi) is 5.77. The molecule has 11 heteroatoms. The molecule has 0 bridgehead atoms. The van der Waals surface area contributed by atoms with E-state index in [-0.39, 0.29) is 17.7 Å². The third-order valence-corrected chi connectivity index (χ3v) is 6.18. The van der Waals surface area contributed by atoms with Crippen LogP contribution < -0.4 is 9.74 Å². The number of halogens is 2. The third-order valence-electron chi connectivity index (χ3n) is 5.53. The Labute approximate surface area is 199 Å². The SMILES string of the molecule is CC1(C)c2n[nH]c(NC(=O)c3ccc(C(=O)O)cc3)c2CN1C(=O)N(Cl)c1ccccc1Cl. The van der Waals surface area contributed by atoms with Crippen LogP contribution in [0.3, 0.4) is 0 Å². The van der Waals surface area contributed by atoms with E-state index < -0.39 is 23.4 Å². The fourth-order valence-corrected chi connectivity index (χ4v) is 4.19. The molecule has 2 aromatic carbocycles. The summed E-state index contributed by atoms with van der Waals surface area (Å²) >= 11 is 12.5. The topological polar surface area (TPSA) is 119 Å². The second-order valence-corrected chi connectivity index (χ2v) is 8.67. The van der Waals surface area contributed by atoms with E-state index in [0.717, 1.165) is 4.42 Å². The summed E-state index contributed by atoms with van der Waals surface area (Å²) in [5.41, 5.74) is 1.13. The molecule has 0 spiro atoms. The molecular weight excluding hydrogens is 469 g/mol. The molecule has 3 amide bonds. The number of nitrogens with one attached hydrogen (secondary N) is 2. The summed E-state index contributed by atoms with van der Waals surface area (Å²) in [4.78, 5) is 38.4. The number of anilines is 2. The third kappa shape index (κ3) is 4.01. The number of urea groups is 1. The van der Waals surface area contributed by atoms with E-state index in [4.69, 9.17) is 28.5 Å². The molecule has 2 heterocycles. The van der Waals surface area contributed by atoms with Crippen LogP contribution in [0.1, 0.15) is 45.8 Å². The molecule has 3 aromatic rings. The largest absolute Gasteiger partial charge is 0.478 e. The number of para-hydroxylation sites is 1. The van der Waals surface area contributed by atoms with Crippen LogP contribution >= 0.6 is 23.4 Å². The molecule has 0 saturated heterocycles. The van der Waals surface area contributed by atoms with E-state index in [9.17, 15) is 14.4 Å². The first-order valence-corrected chi connectivity index (χ1v) is 10.6. The molecule has 0 aliphatic carbocycles. The van der Waals surface area contributed by atoms with Crippen molar-refractivity contribution in [3.05, 3.63) is 75.9 Å². The van der Waals surface area contributed by atoms with Crippen LogP contribution in [0.2, 0.25) is 5.02 Å². The van der Waals surface area contributed by atoms with Gasteiger partial charge in [-0.15, -0.1) is 0 Å². The van der Waals surface area contributed by atoms with Crippen LogP contribution in [-0.4, -0.2) is 38.1 Å². The Morgan fingerprint density at radius 2 is 1.76 bits per heavy atom. The van der Waals surface area contributed by atoms with Crippen molar-refractivity contribution >= 4 is 52.8 Å². The number of rotatable bonds is 4. The number of aromatic amines is 1. The predicted molar refractivity (Wildman–Crippen MR) is 124 cm³/mol. The number of hydrogen-bond donors (Lipinski definition) is 3. The van der Waals surface area contributed by atoms with Gasteiger partial charge in [0.1, 0.15) is 5.82 Å². The van der Waals surface area contributed by atoms with Crippen molar-refractivity contribution in [2.45, 2.75) is 25.9 Å². The Morgan fingerprint density at radius 1 is 1.12 bits per heavy atom. The fraction of sp³-hybridized carbons (Fsp3) is 0.182. The van der Waals surface area contributed by atoms with Crippen LogP contribution in [0.25, 0.3) is 0 Å². The zero-order valence-electron chi connectivity index (χ0n) is 17.6. The average molecular weight is 488 g/mol. The molecule has 170 valence electrons. The van der Waals surface area contributed by atoms with Gasteiger partial charge in [0.15, 0.2) is 0 Å². The smallest absolute Gasteiger partial charge is 0.340 e. The van der Waals surface area contributed by atoms with E-state index >= 15 is 0 Å². The van der Waals surface area contributed by atoms with E-state index in [0.29, 0.717) is 27.8 Å². The number of carbonyl (C=O) groups excluding carboxylic acids is 2. The van der Waals surface area contributed by atoms with Gasteiger partial charge in [0.25, 0.3) is 5.91 Å². The van der Waals surface area contributed by atoms with Gasteiger partial charge in [-0.2, -0.15) is 5.10 Å². The van der Waals surface area contributed by atoms with E-state index in [2.05, 4.69) is 15.5 Å². The van der Waals surface area contributed by atoms with Crippen molar-refractivity contribution in [1.82, 2.24) is 15.1 Å². The van der Waals surface area contributed by atoms with Gasteiger partial charge in [-0.05, 0) is 50.2 Å². The number of nitrogens with zero attached hydrogens (tertiary/aromatic N) is 3. The van der Waals surface area contributed by atoms with Crippen molar-refractivity contribution < 1.29 is 19.5 Å². The number of benzene rings is 2. The first-order valence-electron chi connectivity index (χ1n) is 9.85. The average Bonchev–Trinajstić information content (AvgIpc) is 3.31.